The highest BCUT2D eigenvalue weighted by Crippen LogP contribution is 2.22. The highest BCUT2D eigenvalue weighted by Gasteiger charge is 2.16. The van der Waals surface area contributed by atoms with Crippen molar-refractivity contribution in [3.8, 4) is 11.4 Å². The van der Waals surface area contributed by atoms with Crippen LogP contribution in [-0.4, -0.2) is 41.4 Å². The number of hydrogen-bond donors (Lipinski definition) is 2. The van der Waals surface area contributed by atoms with Gasteiger partial charge >= 0.3 is 0 Å². The van der Waals surface area contributed by atoms with Crippen LogP contribution < -0.4 is 10.2 Å². The quantitative estimate of drug-likeness (QED) is 0.856. The number of piperazine rings is 1. The van der Waals surface area contributed by atoms with E-state index in [0.29, 0.717) is 11.8 Å². The minimum absolute atomic E-state index is 0.233. The molecule has 1 fully saturated rings. The maximum atomic E-state index is 13.1. The number of benzene rings is 1. The normalized spacial score (nSPS) is 15.8. The van der Waals surface area contributed by atoms with Crippen LogP contribution in [0.5, 0.6) is 0 Å². The second-order valence-corrected chi connectivity index (χ2v) is 4.68. The first kappa shape index (κ1) is 12.1. The predicted octanol–water partition coefficient (Wildman–Crippen LogP) is 1.33. The summed E-state index contributed by atoms with van der Waals surface area (Å²) in [4.78, 5) is 6.64. The molecule has 0 unspecified atom stereocenters. The molecule has 2 N–H and O–H groups in total. The second kappa shape index (κ2) is 4.97. The Morgan fingerprint density at radius 3 is 2.79 bits per heavy atom. The van der Waals surface area contributed by atoms with Crippen LogP contribution >= 0.6 is 0 Å². The number of aromatic amines is 1. The lowest BCUT2D eigenvalue weighted by atomic mass is 10.1. The summed E-state index contributed by atoms with van der Waals surface area (Å²) in [7, 11) is 0. The zero-order chi connectivity index (χ0) is 13.2. The summed E-state index contributed by atoms with van der Waals surface area (Å²) in [6, 6.07) is 4.67. The van der Waals surface area contributed by atoms with Crippen molar-refractivity contribution in [2.45, 2.75) is 6.92 Å². The average Bonchev–Trinajstić information content (AvgIpc) is 2.89. The Morgan fingerprint density at radius 1 is 1.26 bits per heavy atom. The Hall–Kier alpha value is -1.95. The van der Waals surface area contributed by atoms with E-state index in [1.807, 2.05) is 6.92 Å². The Morgan fingerprint density at radius 2 is 2.05 bits per heavy atom. The molecule has 5 nitrogen and oxygen atoms in total. The Bertz CT molecular complexity index is 574. The van der Waals surface area contributed by atoms with E-state index in [1.165, 1.54) is 12.1 Å². The van der Waals surface area contributed by atoms with Crippen molar-refractivity contribution in [2.75, 3.05) is 31.1 Å². The summed E-state index contributed by atoms with van der Waals surface area (Å²) < 4.78 is 13.1. The largest absolute Gasteiger partial charge is 0.337 e. The van der Waals surface area contributed by atoms with Crippen LogP contribution in [0.25, 0.3) is 11.4 Å². The van der Waals surface area contributed by atoms with Gasteiger partial charge in [0.2, 0.25) is 5.95 Å². The molecule has 0 amide bonds. The third kappa shape index (κ3) is 2.44. The van der Waals surface area contributed by atoms with E-state index in [9.17, 15) is 4.39 Å². The fourth-order valence-corrected chi connectivity index (χ4v) is 2.27. The van der Waals surface area contributed by atoms with Crippen LogP contribution in [0.1, 0.15) is 5.56 Å². The molecule has 3 rings (SSSR count). The van der Waals surface area contributed by atoms with Crippen molar-refractivity contribution in [1.29, 1.82) is 0 Å². The van der Waals surface area contributed by atoms with Gasteiger partial charge in [0.15, 0.2) is 5.82 Å². The number of hydrogen-bond acceptors (Lipinski definition) is 4. The van der Waals surface area contributed by atoms with Crippen LogP contribution in [0.15, 0.2) is 18.2 Å². The van der Waals surface area contributed by atoms with Crippen LogP contribution in [-0.2, 0) is 0 Å². The molecule has 2 aromatic rings. The molecule has 0 spiro atoms. The molecule has 6 heteroatoms. The zero-order valence-electron chi connectivity index (χ0n) is 10.8. The molecule has 0 bridgehead atoms. The highest BCUT2D eigenvalue weighted by atomic mass is 19.1. The third-order valence-electron chi connectivity index (χ3n) is 3.32. The summed E-state index contributed by atoms with van der Waals surface area (Å²) in [6.45, 7) is 5.56. The Labute approximate surface area is 110 Å². The number of nitrogens with one attached hydrogen (secondary N) is 2. The summed E-state index contributed by atoms with van der Waals surface area (Å²) in [5.41, 5.74) is 1.73. The van der Waals surface area contributed by atoms with Gasteiger partial charge in [-0.2, -0.15) is 4.98 Å². The van der Waals surface area contributed by atoms with Gasteiger partial charge in [0, 0.05) is 31.7 Å². The van der Waals surface area contributed by atoms with Gasteiger partial charge in [-0.1, -0.05) is 0 Å². The smallest absolute Gasteiger partial charge is 0.245 e. The summed E-state index contributed by atoms with van der Waals surface area (Å²) in [5, 5.41) is 10.5. The van der Waals surface area contributed by atoms with E-state index >= 15 is 0 Å². The first-order valence-corrected chi connectivity index (χ1v) is 6.38. The van der Waals surface area contributed by atoms with Crippen LogP contribution in [0, 0.1) is 12.7 Å². The molecule has 1 aromatic heterocycles. The zero-order valence-corrected chi connectivity index (χ0v) is 10.8. The Balaban J connectivity index is 1.87. The van der Waals surface area contributed by atoms with E-state index < -0.39 is 0 Å². The lowest BCUT2D eigenvalue weighted by Crippen LogP contribution is -2.44. The lowest BCUT2D eigenvalue weighted by molar-refractivity contribution is 0.580. The first-order valence-electron chi connectivity index (χ1n) is 6.38. The topological polar surface area (TPSA) is 56.8 Å². The lowest BCUT2D eigenvalue weighted by Gasteiger charge is -2.25. The van der Waals surface area contributed by atoms with Crippen LogP contribution in [0.4, 0.5) is 10.3 Å². The predicted molar refractivity (Wildman–Crippen MR) is 71.6 cm³/mol. The average molecular weight is 261 g/mol. The molecule has 1 aliphatic rings. The highest BCUT2D eigenvalue weighted by molar-refractivity contribution is 5.60. The van der Waals surface area contributed by atoms with E-state index in [-0.39, 0.29) is 5.82 Å². The van der Waals surface area contributed by atoms with Gasteiger partial charge < -0.3 is 10.2 Å². The maximum absolute atomic E-state index is 13.1. The van der Waals surface area contributed by atoms with E-state index in [4.69, 9.17) is 0 Å². The molecule has 0 saturated carbocycles. The number of halogens is 1. The molecule has 0 radical (unpaired) electrons. The van der Waals surface area contributed by atoms with Crippen molar-refractivity contribution in [2.24, 2.45) is 0 Å². The number of anilines is 1. The Kier molecular flexibility index (Phi) is 3.16. The number of rotatable bonds is 2. The number of nitrogens with zero attached hydrogens (tertiary/aromatic N) is 3. The van der Waals surface area contributed by atoms with Gasteiger partial charge in [-0.3, -0.25) is 5.10 Å². The molecule has 19 heavy (non-hydrogen) atoms. The first-order chi connectivity index (χ1) is 9.24. The van der Waals surface area contributed by atoms with Gasteiger partial charge in [-0.25, -0.2) is 4.39 Å². The van der Waals surface area contributed by atoms with Crippen molar-refractivity contribution in [1.82, 2.24) is 20.5 Å². The van der Waals surface area contributed by atoms with Gasteiger partial charge in [-0.05, 0) is 30.7 Å². The van der Waals surface area contributed by atoms with E-state index in [0.717, 1.165) is 37.3 Å². The standard InChI is InChI=1S/C13H16FN5/c1-9-8-10(14)2-3-11(9)12-16-13(18-17-12)19-6-4-15-5-7-19/h2-3,8,15H,4-7H2,1H3,(H,16,17,18). The summed E-state index contributed by atoms with van der Waals surface area (Å²) >= 11 is 0. The molecular formula is C13H16FN5. The summed E-state index contributed by atoms with van der Waals surface area (Å²) in [6.07, 6.45) is 0. The number of aromatic nitrogens is 3. The molecule has 100 valence electrons. The third-order valence-corrected chi connectivity index (χ3v) is 3.32. The summed E-state index contributed by atoms with van der Waals surface area (Å²) in [5.74, 6) is 1.16. The molecule has 1 saturated heterocycles. The van der Waals surface area contributed by atoms with Gasteiger partial charge in [0.1, 0.15) is 5.82 Å². The van der Waals surface area contributed by atoms with Gasteiger partial charge in [0.05, 0.1) is 0 Å². The second-order valence-electron chi connectivity index (χ2n) is 4.68. The SMILES string of the molecule is Cc1cc(F)ccc1-c1nc(N2CCNCC2)n[nH]1. The molecular weight excluding hydrogens is 245 g/mol. The monoisotopic (exact) mass is 261 g/mol. The number of aryl methyl sites for hydroxylation is 1. The molecule has 1 aromatic carbocycles. The fourth-order valence-electron chi connectivity index (χ4n) is 2.27. The van der Waals surface area contributed by atoms with Crippen molar-refractivity contribution >= 4 is 5.95 Å². The van der Waals surface area contributed by atoms with E-state index in [1.54, 1.807) is 6.07 Å². The van der Waals surface area contributed by atoms with Crippen LogP contribution in [0.3, 0.4) is 0 Å². The minimum Gasteiger partial charge on any atom is -0.337 e. The molecule has 1 aliphatic heterocycles. The minimum atomic E-state index is -0.233. The van der Waals surface area contributed by atoms with Gasteiger partial charge in [-0.15, -0.1) is 5.10 Å². The number of H-pyrrole nitrogens is 1. The molecule has 0 aliphatic carbocycles. The van der Waals surface area contributed by atoms with Crippen molar-refractivity contribution in [3.05, 3.63) is 29.6 Å². The van der Waals surface area contributed by atoms with Crippen molar-refractivity contribution in [3.63, 3.8) is 0 Å². The van der Waals surface area contributed by atoms with Crippen molar-refractivity contribution < 1.29 is 4.39 Å². The molecule has 0 atom stereocenters. The van der Waals surface area contributed by atoms with Crippen LogP contribution in [0.2, 0.25) is 0 Å². The maximum Gasteiger partial charge on any atom is 0.245 e. The van der Waals surface area contributed by atoms with Gasteiger partial charge in [0.25, 0.3) is 0 Å². The van der Waals surface area contributed by atoms with E-state index in [2.05, 4.69) is 25.4 Å². The molecule has 2 heterocycles. The fraction of sp³-hybridized carbons (Fsp3) is 0.385.